The number of aromatic nitrogens is 1. The van der Waals surface area contributed by atoms with E-state index in [1.165, 1.54) is 12.1 Å². The number of carbonyl (C=O) groups is 2. The molecule has 110 valence electrons. The Morgan fingerprint density at radius 2 is 1.91 bits per heavy atom. The molecule has 1 aromatic heterocycles. The van der Waals surface area contributed by atoms with Crippen molar-refractivity contribution in [2.45, 2.75) is 0 Å². The topological polar surface area (TPSA) is 94.2 Å². The lowest BCUT2D eigenvalue weighted by Gasteiger charge is -2.06. The number of benzene rings is 1. The van der Waals surface area contributed by atoms with E-state index in [0.29, 0.717) is 10.6 Å². The third-order valence-electron chi connectivity index (χ3n) is 3.04. The Bertz CT molecular complexity index is 808. The summed E-state index contributed by atoms with van der Waals surface area (Å²) in [4.78, 5) is 33.3. The minimum Gasteiger partial charge on any atom is -0.317 e. The number of imide groups is 1. The first-order chi connectivity index (χ1) is 10.5. The van der Waals surface area contributed by atoms with E-state index in [1.54, 1.807) is 41.1 Å². The molecule has 0 unspecified atom stereocenters. The summed E-state index contributed by atoms with van der Waals surface area (Å²) in [5.41, 5.74) is 1.42. The van der Waals surface area contributed by atoms with Crippen molar-refractivity contribution in [3.8, 4) is 5.69 Å². The number of nitrogens with zero attached hydrogens (tertiary/aromatic N) is 2. The molecule has 3 rings (SSSR count). The average molecular weight is 315 g/mol. The van der Waals surface area contributed by atoms with E-state index in [0.717, 1.165) is 17.4 Å². The summed E-state index contributed by atoms with van der Waals surface area (Å²) in [5.74, 6) is -0.425. The molecule has 0 atom stereocenters. The summed E-state index contributed by atoms with van der Waals surface area (Å²) in [7, 11) is 0. The molecule has 2 heterocycles. The fourth-order valence-electron chi connectivity index (χ4n) is 2.04. The maximum Gasteiger partial charge on any atom is 0.290 e. The molecule has 0 aliphatic carbocycles. The van der Waals surface area contributed by atoms with Gasteiger partial charge in [-0.05, 0) is 42.1 Å². The lowest BCUT2D eigenvalue weighted by molar-refractivity contribution is -0.384. The third kappa shape index (κ3) is 2.63. The van der Waals surface area contributed by atoms with Gasteiger partial charge in [-0.1, -0.05) is 0 Å². The second-order valence-electron chi connectivity index (χ2n) is 4.43. The van der Waals surface area contributed by atoms with E-state index in [4.69, 9.17) is 0 Å². The number of amides is 2. The summed E-state index contributed by atoms with van der Waals surface area (Å²) in [6.07, 6.45) is 3.37. The first-order valence-electron chi connectivity index (χ1n) is 6.21. The smallest absolute Gasteiger partial charge is 0.290 e. The summed E-state index contributed by atoms with van der Waals surface area (Å²) in [6.45, 7) is 0. The zero-order valence-corrected chi connectivity index (χ0v) is 11.9. The van der Waals surface area contributed by atoms with Gasteiger partial charge in [0, 0.05) is 29.7 Å². The molecular weight excluding hydrogens is 306 g/mol. The summed E-state index contributed by atoms with van der Waals surface area (Å²) in [5, 5.41) is 12.5. The third-order valence-corrected chi connectivity index (χ3v) is 3.85. The Balaban J connectivity index is 1.95. The molecule has 1 aliphatic rings. The van der Waals surface area contributed by atoms with Crippen molar-refractivity contribution >= 4 is 34.7 Å². The monoisotopic (exact) mass is 315 g/mol. The first-order valence-corrected chi connectivity index (χ1v) is 7.03. The minimum absolute atomic E-state index is 0.00661. The van der Waals surface area contributed by atoms with Crippen LogP contribution in [0.5, 0.6) is 0 Å². The highest BCUT2D eigenvalue weighted by molar-refractivity contribution is 8.18. The van der Waals surface area contributed by atoms with Crippen molar-refractivity contribution in [1.82, 2.24) is 9.88 Å². The van der Waals surface area contributed by atoms with E-state index in [9.17, 15) is 19.7 Å². The molecule has 0 radical (unpaired) electrons. The second kappa shape index (κ2) is 5.49. The van der Waals surface area contributed by atoms with Crippen molar-refractivity contribution in [2.75, 3.05) is 0 Å². The van der Waals surface area contributed by atoms with E-state index >= 15 is 0 Å². The molecule has 2 aromatic rings. The van der Waals surface area contributed by atoms with Gasteiger partial charge >= 0.3 is 0 Å². The Kier molecular flexibility index (Phi) is 3.51. The van der Waals surface area contributed by atoms with E-state index < -0.39 is 16.1 Å². The van der Waals surface area contributed by atoms with Crippen LogP contribution in [0.1, 0.15) is 5.69 Å². The number of carbonyl (C=O) groups excluding carboxylic acids is 2. The lowest BCUT2D eigenvalue weighted by atomic mass is 10.2. The zero-order chi connectivity index (χ0) is 15.7. The summed E-state index contributed by atoms with van der Waals surface area (Å²) >= 11 is 0.841. The van der Waals surface area contributed by atoms with Crippen molar-refractivity contribution in [2.24, 2.45) is 0 Å². The van der Waals surface area contributed by atoms with Gasteiger partial charge < -0.3 is 4.57 Å². The molecule has 22 heavy (non-hydrogen) atoms. The van der Waals surface area contributed by atoms with Gasteiger partial charge in [0.15, 0.2) is 0 Å². The average Bonchev–Trinajstić information content (AvgIpc) is 3.06. The van der Waals surface area contributed by atoms with Crippen LogP contribution in [0.2, 0.25) is 0 Å². The summed E-state index contributed by atoms with van der Waals surface area (Å²) in [6, 6.07) is 9.62. The van der Waals surface area contributed by atoms with Gasteiger partial charge in [-0.25, -0.2) is 0 Å². The fourth-order valence-corrected chi connectivity index (χ4v) is 2.70. The Morgan fingerprint density at radius 3 is 2.50 bits per heavy atom. The van der Waals surface area contributed by atoms with Crippen LogP contribution in [0, 0.1) is 10.1 Å². The molecule has 2 amide bonds. The fraction of sp³-hybridized carbons (Fsp3) is 0. The van der Waals surface area contributed by atoms with Gasteiger partial charge in [0.1, 0.15) is 0 Å². The number of rotatable bonds is 3. The zero-order valence-electron chi connectivity index (χ0n) is 11.1. The quantitative estimate of drug-likeness (QED) is 0.534. The SMILES string of the molecule is O=C1NC(=O)C(=Cc2cccn2-c2ccc([N+](=O)[O-])cc2)S1. The van der Waals surface area contributed by atoms with Crippen LogP contribution >= 0.6 is 11.8 Å². The minimum atomic E-state index is -0.465. The number of nitro groups is 1. The van der Waals surface area contributed by atoms with Crippen LogP contribution in [0.25, 0.3) is 11.8 Å². The Labute approximate surface area is 128 Å². The number of thioether (sulfide) groups is 1. The van der Waals surface area contributed by atoms with Crippen LogP contribution < -0.4 is 5.32 Å². The molecule has 1 fully saturated rings. The molecule has 1 N–H and O–H groups in total. The maximum atomic E-state index is 11.6. The highest BCUT2D eigenvalue weighted by Gasteiger charge is 2.25. The van der Waals surface area contributed by atoms with Crippen LogP contribution in [0.15, 0.2) is 47.5 Å². The Hall–Kier alpha value is -2.87. The van der Waals surface area contributed by atoms with Crippen molar-refractivity contribution in [1.29, 1.82) is 0 Å². The van der Waals surface area contributed by atoms with Crippen molar-refractivity contribution < 1.29 is 14.5 Å². The molecule has 1 aromatic carbocycles. The van der Waals surface area contributed by atoms with Gasteiger partial charge in [-0.2, -0.15) is 0 Å². The molecular formula is C14H9N3O4S. The van der Waals surface area contributed by atoms with Crippen LogP contribution in [0.4, 0.5) is 10.5 Å². The summed E-state index contributed by atoms with van der Waals surface area (Å²) < 4.78 is 1.77. The molecule has 0 spiro atoms. The molecule has 8 heteroatoms. The van der Waals surface area contributed by atoms with Crippen molar-refractivity contribution in [3.63, 3.8) is 0 Å². The predicted octanol–water partition coefficient (Wildman–Crippen LogP) is 2.71. The van der Waals surface area contributed by atoms with Gasteiger partial charge in [-0.15, -0.1) is 0 Å². The highest BCUT2D eigenvalue weighted by Crippen LogP contribution is 2.27. The number of nitro benzene ring substituents is 1. The van der Waals surface area contributed by atoms with Gasteiger partial charge in [0.05, 0.1) is 9.83 Å². The van der Waals surface area contributed by atoms with Crippen LogP contribution in [0.3, 0.4) is 0 Å². The molecule has 0 bridgehead atoms. The molecule has 1 saturated heterocycles. The van der Waals surface area contributed by atoms with Crippen LogP contribution in [-0.4, -0.2) is 20.6 Å². The van der Waals surface area contributed by atoms with E-state index in [-0.39, 0.29) is 5.69 Å². The van der Waals surface area contributed by atoms with Gasteiger partial charge in [0.2, 0.25) is 0 Å². The molecule has 0 saturated carbocycles. The van der Waals surface area contributed by atoms with Gasteiger partial charge in [-0.3, -0.25) is 25.0 Å². The second-order valence-corrected chi connectivity index (χ2v) is 5.44. The van der Waals surface area contributed by atoms with Crippen LogP contribution in [-0.2, 0) is 4.79 Å². The number of non-ortho nitro benzene ring substituents is 1. The van der Waals surface area contributed by atoms with E-state index in [1.807, 2.05) is 0 Å². The van der Waals surface area contributed by atoms with E-state index in [2.05, 4.69) is 5.32 Å². The van der Waals surface area contributed by atoms with Crippen molar-refractivity contribution in [3.05, 3.63) is 63.3 Å². The normalized spacial score (nSPS) is 16.1. The number of hydrogen-bond donors (Lipinski definition) is 1. The molecule has 7 nitrogen and oxygen atoms in total. The maximum absolute atomic E-state index is 11.6. The Morgan fingerprint density at radius 1 is 1.18 bits per heavy atom. The number of hydrogen-bond acceptors (Lipinski definition) is 5. The highest BCUT2D eigenvalue weighted by atomic mass is 32.2. The predicted molar refractivity (Wildman–Crippen MR) is 81.5 cm³/mol. The molecule has 1 aliphatic heterocycles. The van der Waals surface area contributed by atoms with Gasteiger partial charge in [0.25, 0.3) is 16.8 Å². The lowest BCUT2D eigenvalue weighted by Crippen LogP contribution is -2.17. The standard InChI is InChI=1S/C14H9N3O4S/c18-13-12(22-14(19)15-13)8-11-2-1-7-16(11)9-3-5-10(6-4-9)17(20)21/h1-8H,(H,15,18,19). The number of nitrogens with one attached hydrogen (secondary N) is 1. The largest absolute Gasteiger partial charge is 0.317 e. The first kappa shape index (κ1) is 14.1.